The molecule has 1 aliphatic heterocycles. The summed E-state index contributed by atoms with van der Waals surface area (Å²) in [6.45, 7) is 0.345. The summed E-state index contributed by atoms with van der Waals surface area (Å²) in [6, 6.07) is 15.0. The second-order valence-corrected chi connectivity index (χ2v) is 9.21. The molecule has 0 bridgehead atoms. The average Bonchev–Trinajstić information content (AvgIpc) is 3.46. The zero-order chi connectivity index (χ0) is 24.2. The average molecular weight is 544 g/mol. The molecule has 0 saturated carbocycles. The molecule has 1 unspecified atom stereocenters. The number of rotatable bonds is 8. The van der Waals surface area contributed by atoms with Crippen LogP contribution in [0.5, 0.6) is 17.2 Å². The summed E-state index contributed by atoms with van der Waals surface area (Å²) in [5.74, 6) is 0.272. The molecule has 1 fully saturated rings. The summed E-state index contributed by atoms with van der Waals surface area (Å²) < 4.78 is 16.8. The molecule has 1 atom stereocenters. The highest BCUT2D eigenvalue weighted by Gasteiger charge is 2.46. The van der Waals surface area contributed by atoms with Crippen molar-refractivity contribution in [2.45, 2.75) is 6.04 Å². The van der Waals surface area contributed by atoms with Crippen molar-refractivity contribution < 1.29 is 28.9 Å². The van der Waals surface area contributed by atoms with Crippen LogP contribution in [-0.2, 0) is 9.59 Å². The number of ketones is 1. The molecule has 1 aliphatic rings. The summed E-state index contributed by atoms with van der Waals surface area (Å²) in [6.07, 6.45) is 0. The Balaban J connectivity index is 1.63. The lowest BCUT2D eigenvalue weighted by molar-refractivity contribution is -0.140. The molecule has 0 radical (unpaired) electrons. The molecule has 0 spiro atoms. The largest absolute Gasteiger partial charge is 0.507 e. The fraction of sp³-hybridized carbons (Fsp3) is 0.200. The van der Waals surface area contributed by atoms with E-state index < -0.39 is 17.7 Å². The number of thiophene rings is 1. The topological polar surface area (TPSA) is 85.3 Å². The van der Waals surface area contributed by atoms with Crippen molar-refractivity contribution in [3.8, 4) is 17.2 Å². The van der Waals surface area contributed by atoms with E-state index in [1.165, 1.54) is 23.3 Å². The van der Waals surface area contributed by atoms with Gasteiger partial charge in [0, 0.05) is 10.4 Å². The molecule has 1 saturated heterocycles. The van der Waals surface area contributed by atoms with Gasteiger partial charge in [0.15, 0.2) is 0 Å². The van der Waals surface area contributed by atoms with E-state index in [-0.39, 0.29) is 24.5 Å². The third kappa shape index (κ3) is 4.67. The monoisotopic (exact) mass is 543 g/mol. The number of halogens is 1. The lowest BCUT2D eigenvalue weighted by Crippen LogP contribution is -2.33. The Bertz CT molecular complexity index is 1220. The Morgan fingerprint density at radius 3 is 2.41 bits per heavy atom. The number of Topliss-reactive ketones (excluding diaryl/α,β-unsaturated/α-hetero) is 1. The third-order valence-corrected chi connectivity index (χ3v) is 6.98. The van der Waals surface area contributed by atoms with Crippen LogP contribution in [0.3, 0.4) is 0 Å². The second kappa shape index (κ2) is 10.3. The molecule has 4 rings (SSSR count). The maximum Gasteiger partial charge on any atom is 0.295 e. The van der Waals surface area contributed by atoms with Gasteiger partial charge in [0.2, 0.25) is 0 Å². The Morgan fingerprint density at radius 1 is 1.06 bits per heavy atom. The molecule has 1 aromatic heterocycles. The van der Waals surface area contributed by atoms with Gasteiger partial charge in [-0.15, -0.1) is 11.3 Å². The molecular weight excluding hydrogens is 522 g/mol. The lowest BCUT2D eigenvalue weighted by Gasteiger charge is -2.24. The van der Waals surface area contributed by atoms with Gasteiger partial charge in [-0.3, -0.25) is 9.59 Å². The number of methoxy groups -OCH3 is 2. The summed E-state index contributed by atoms with van der Waals surface area (Å²) in [5.41, 5.74) is 0.454. The van der Waals surface area contributed by atoms with Crippen molar-refractivity contribution >= 4 is 44.7 Å². The van der Waals surface area contributed by atoms with Crippen LogP contribution in [0.15, 0.2) is 70.0 Å². The number of carbonyl (C=O) groups is 2. The van der Waals surface area contributed by atoms with Crippen LogP contribution in [-0.4, -0.2) is 49.1 Å². The van der Waals surface area contributed by atoms with Crippen LogP contribution in [0.2, 0.25) is 0 Å². The molecule has 0 aliphatic carbocycles. The molecule has 7 nitrogen and oxygen atoms in total. The van der Waals surface area contributed by atoms with E-state index in [1.807, 2.05) is 17.5 Å². The predicted molar refractivity (Wildman–Crippen MR) is 133 cm³/mol. The zero-order valence-electron chi connectivity index (χ0n) is 18.5. The van der Waals surface area contributed by atoms with Gasteiger partial charge in [-0.2, -0.15) is 0 Å². The first kappa shape index (κ1) is 23.8. The minimum atomic E-state index is -0.729. The number of ether oxygens (including phenoxy) is 3. The van der Waals surface area contributed by atoms with E-state index in [2.05, 4.69) is 15.9 Å². The highest BCUT2D eigenvalue weighted by molar-refractivity contribution is 9.10. The standard InChI is InChI=1S/C25H22BrNO6S/c1-31-16-6-8-17(9-7-16)33-12-11-27-22(20-4-3-13-34-20)21(24(29)25(27)30)23(28)15-5-10-19(32-2)18(26)14-15/h3-10,13-14,22,28H,11-12H2,1-2H3/b23-21-. The number of carbonyl (C=O) groups excluding carboxylic acids is 2. The number of hydrogen-bond acceptors (Lipinski definition) is 7. The highest BCUT2D eigenvalue weighted by Crippen LogP contribution is 2.41. The van der Waals surface area contributed by atoms with Gasteiger partial charge in [-0.25, -0.2) is 0 Å². The number of nitrogens with zero attached hydrogens (tertiary/aromatic N) is 1. The normalized spacial score (nSPS) is 17.1. The third-order valence-electron chi connectivity index (χ3n) is 5.44. The van der Waals surface area contributed by atoms with Gasteiger partial charge in [0.05, 0.1) is 36.9 Å². The summed E-state index contributed by atoms with van der Waals surface area (Å²) >= 11 is 4.81. The number of aliphatic hydroxyl groups is 1. The highest BCUT2D eigenvalue weighted by atomic mass is 79.9. The van der Waals surface area contributed by atoms with Gasteiger partial charge < -0.3 is 24.2 Å². The van der Waals surface area contributed by atoms with Crippen LogP contribution in [0, 0.1) is 0 Å². The van der Waals surface area contributed by atoms with E-state index in [0.29, 0.717) is 27.3 Å². The van der Waals surface area contributed by atoms with Gasteiger partial charge in [-0.1, -0.05) is 6.07 Å². The van der Waals surface area contributed by atoms with Crippen molar-refractivity contribution in [1.82, 2.24) is 4.90 Å². The van der Waals surface area contributed by atoms with E-state index in [1.54, 1.807) is 49.6 Å². The molecule has 2 aromatic carbocycles. The molecule has 2 heterocycles. The van der Waals surface area contributed by atoms with E-state index in [0.717, 1.165) is 4.88 Å². The molecule has 3 aromatic rings. The first-order valence-corrected chi connectivity index (χ1v) is 12.0. The maximum atomic E-state index is 13.1. The minimum absolute atomic E-state index is 0.0500. The SMILES string of the molecule is COc1ccc(OCCN2C(=O)C(=O)/C(=C(\O)c3ccc(OC)c(Br)c3)C2c2cccs2)cc1. The number of likely N-dealkylation sites (tertiary alicyclic amines) is 1. The minimum Gasteiger partial charge on any atom is -0.507 e. The molecule has 1 amide bonds. The van der Waals surface area contributed by atoms with Crippen molar-refractivity contribution in [3.63, 3.8) is 0 Å². The number of amides is 1. The quantitative estimate of drug-likeness (QED) is 0.243. The van der Waals surface area contributed by atoms with Crippen molar-refractivity contribution in [1.29, 1.82) is 0 Å². The van der Waals surface area contributed by atoms with Crippen LogP contribution < -0.4 is 14.2 Å². The van der Waals surface area contributed by atoms with Gasteiger partial charge in [0.1, 0.15) is 29.6 Å². The Hall–Kier alpha value is -3.30. The number of aliphatic hydroxyl groups excluding tert-OH is 1. The van der Waals surface area contributed by atoms with Crippen LogP contribution in [0.25, 0.3) is 5.76 Å². The molecule has 9 heteroatoms. The van der Waals surface area contributed by atoms with Gasteiger partial charge in [0.25, 0.3) is 11.7 Å². The smallest absolute Gasteiger partial charge is 0.295 e. The van der Waals surface area contributed by atoms with Gasteiger partial charge in [-0.05, 0) is 69.8 Å². The van der Waals surface area contributed by atoms with E-state index >= 15 is 0 Å². The molecule has 34 heavy (non-hydrogen) atoms. The second-order valence-electron chi connectivity index (χ2n) is 7.38. The number of hydrogen-bond donors (Lipinski definition) is 1. The lowest BCUT2D eigenvalue weighted by atomic mass is 10.00. The summed E-state index contributed by atoms with van der Waals surface area (Å²) in [7, 11) is 3.12. The van der Waals surface area contributed by atoms with Crippen LogP contribution in [0.4, 0.5) is 0 Å². The van der Waals surface area contributed by atoms with Crippen LogP contribution >= 0.6 is 27.3 Å². The maximum absolute atomic E-state index is 13.1. The van der Waals surface area contributed by atoms with Crippen LogP contribution in [0.1, 0.15) is 16.5 Å². The Labute approximate surface area is 209 Å². The molecule has 176 valence electrons. The van der Waals surface area contributed by atoms with Crippen molar-refractivity contribution in [2.75, 3.05) is 27.4 Å². The van der Waals surface area contributed by atoms with E-state index in [4.69, 9.17) is 14.2 Å². The van der Waals surface area contributed by atoms with Crippen molar-refractivity contribution in [3.05, 3.63) is 80.5 Å². The first-order chi connectivity index (χ1) is 16.4. The van der Waals surface area contributed by atoms with E-state index in [9.17, 15) is 14.7 Å². The van der Waals surface area contributed by atoms with Crippen molar-refractivity contribution in [2.24, 2.45) is 0 Å². The van der Waals surface area contributed by atoms with Gasteiger partial charge >= 0.3 is 0 Å². The number of benzene rings is 2. The fourth-order valence-electron chi connectivity index (χ4n) is 3.76. The molecule has 1 N–H and O–H groups in total. The Morgan fingerprint density at radius 2 is 1.79 bits per heavy atom. The fourth-order valence-corrected chi connectivity index (χ4v) is 5.14. The predicted octanol–water partition coefficient (Wildman–Crippen LogP) is 5.03. The first-order valence-electron chi connectivity index (χ1n) is 10.4. The molecular formula is C25H22BrNO6S. The Kier molecular flexibility index (Phi) is 7.23. The summed E-state index contributed by atoms with van der Waals surface area (Å²) in [5, 5.41) is 13.0. The summed E-state index contributed by atoms with van der Waals surface area (Å²) in [4.78, 5) is 28.3. The zero-order valence-corrected chi connectivity index (χ0v) is 20.9.